The van der Waals surface area contributed by atoms with Crippen LogP contribution in [0.3, 0.4) is 0 Å². The van der Waals surface area contributed by atoms with Crippen LogP contribution in [-0.4, -0.2) is 0 Å². The molecule has 0 saturated heterocycles. The van der Waals surface area contributed by atoms with Gasteiger partial charge in [0.1, 0.15) is 18.2 Å². The van der Waals surface area contributed by atoms with Gasteiger partial charge in [0, 0.05) is 17.0 Å². The van der Waals surface area contributed by atoms with Crippen molar-refractivity contribution in [2.75, 3.05) is 0 Å². The molecule has 114 valence electrons. The van der Waals surface area contributed by atoms with E-state index in [1.165, 1.54) is 5.56 Å². The zero-order chi connectivity index (χ0) is 15.5. The van der Waals surface area contributed by atoms with Crippen molar-refractivity contribution in [1.82, 2.24) is 0 Å². The fourth-order valence-electron chi connectivity index (χ4n) is 2.63. The summed E-state index contributed by atoms with van der Waals surface area (Å²) in [6.45, 7) is 4.87. The Labute approximate surface area is 128 Å². The summed E-state index contributed by atoms with van der Waals surface area (Å²) in [4.78, 5) is 11.8. The number of nitrogens with two attached hydrogens (primary N) is 1. The van der Waals surface area contributed by atoms with Gasteiger partial charge in [0.25, 0.3) is 0 Å². The lowest BCUT2D eigenvalue weighted by Gasteiger charge is -2.10. The van der Waals surface area contributed by atoms with Crippen molar-refractivity contribution < 1.29 is 14.2 Å². The molecule has 0 amide bonds. The summed E-state index contributed by atoms with van der Waals surface area (Å²) in [5, 5.41) is 3.15. The van der Waals surface area contributed by atoms with Gasteiger partial charge in [-0.2, -0.15) is 0 Å². The minimum Gasteiger partial charge on any atom is -0.463 e. The maximum absolute atomic E-state index is 11.8. The molecule has 3 aromatic rings. The van der Waals surface area contributed by atoms with E-state index in [2.05, 4.69) is 25.2 Å². The maximum Gasteiger partial charge on any atom is 0.336 e. The quantitative estimate of drug-likeness (QED) is 0.737. The molecule has 2 aromatic heterocycles. The Hall–Kier alpha value is -2.33. The molecule has 2 N–H and O–H groups in total. The first-order chi connectivity index (χ1) is 10.7. The first kappa shape index (κ1) is 14.6. The van der Waals surface area contributed by atoms with Crippen LogP contribution in [0.1, 0.15) is 36.8 Å². The Morgan fingerprint density at radius 3 is 2.82 bits per heavy atom. The molecule has 0 bridgehead atoms. The number of hydrogen-bond acceptors (Lipinski definition) is 3. The average Bonchev–Trinajstić information content (AvgIpc) is 3.05. The molecular weight excluding hydrogens is 278 g/mol. The molecule has 0 radical (unpaired) electrons. The summed E-state index contributed by atoms with van der Waals surface area (Å²) in [6, 6.07) is 11.7. The highest BCUT2D eigenvalue weighted by Gasteiger charge is 2.13. The second-order valence-corrected chi connectivity index (χ2v) is 5.52. The minimum atomic E-state index is -0.296. The van der Waals surface area contributed by atoms with Crippen molar-refractivity contribution in [3.8, 4) is 0 Å². The molecule has 1 aromatic carbocycles. The topological polar surface area (TPSA) is 60.0 Å². The summed E-state index contributed by atoms with van der Waals surface area (Å²) in [7, 11) is 0. The van der Waals surface area contributed by atoms with Crippen molar-refractivity contribution in [2.45, 2.75) is 32.9 Å². The number of fused-ring (bicyclic) bond motifs is 1. The van der Waals surface area contributed by atoms with Crippen LogP contribution in [0.4, 0.5) is 0 Å². The Balaban J connectivity index is 1.88. The Bertz CT molecular complexity index is 818. The van der Waals surface area contributed by atoms with Gasteiger partial charge in [0.2, 0.25) is 0 Å². The van der Waals surface area contributed by atoms with Gasteiger partial charge >= 0.3 is 5.63 Å². The van der Waals surface area contributed by atoms with Crippen LogP contribution < -0.4 is 10.9 Å². The zero-order valence-corrected chi connectivity index (χ0v) is 12.8. The molecule has 4 nitrogen and oxygen atoms in total. The van der Waals surface area contributed by atoms with E-state index in [0.717, 1.165) is 23.1 Å². The van der Waals surface area contributed by atoms with Crippen molar-refractivity contribution in [3.63, 3.8) is 0 Å². The predicted molar refractivity (Wildman–Crippen MR) is 84.6 cm³/mol. The lowest BCUT2D eigenvalue weighted by molar-refractivity contribution is -0.709. The first-order valence-corrected chi connectivity index (χ1v) is 7.59. The monoisotopic (exact) mass is 298 g/mol. The van der Waals surface area contributed by atoms with Gasteiger partial charge in [-0.15, -0.1) is 0 Å². The van der Waals surface area contributed by atoms with Crippen LogP contribution in [0.25, 0.3) is 11.0 Å². The molecule has 4 heteroatoms. The van der Waals surface area contributed by atoms with Gasteiger partial charge in [-0.1, -0.05) is 19.1 Å². The molecule has 0 saturated carbocycles. The van der Waals surface area contributed by atoms with Crippen LogP contribution in [0.5, 0.6) is 0 Å². The van der Waals surface area contributed by atoms with E-state index in [4.69, 9.17) is 8.83 Å². The van der Waals surface area contributed by atoms with E-state index >= 15 is 0 Å². The third-order valence-electron chi connectivity index (χ3n) is 3.99. The molecule has 0 aliphatic carbocycles. The maximum atomic E-state index is 11.8. The predicted octanol–water partition coefficient (Wildman–Crippen LogP) is 2.77. The highest BCUT2D eigenvalue weighted by Crippen LogP contribution is 2.19. The molecule has 0 spiro atoms. The number of quaternary nitrogens is 1. The number of aryl methyl sites for hydroxylation is 1. The molecule has 0 fully saturated rings. The second-order valence-electron chi connectivity index (χ2n) is 5.52. The van der Waals surface area contributed by atoms with Crippen LogP contribution in [-0.2, 0) is 13.0 Å². The Morgan fingerprint density at radius 2 is 2.09 bits per heavy atom. The lowest BCUT2D eigenvalue weighted by atomic mass is 10.1. The highest BCUT2D eigenvalue weighted by molar-refractivity contribution is 5.80. The van der Waals surface area contributed by atoms with E-state index in [0.29, 0.717) is 12.1 Å². The van der Waals surface area contributed by atoms with Crippen LogP contribution in [0.15, 0.2) is 56.3 Å². The van der Waals surface area contributed by atoms with Crippen LogP contribution >= 0.6 is 0 Å². The van der Waals surface area contributed by atoms with Gasteiger partial charge in [0.05, 0.1) is 6.26 Å². The van der Waals surface area contributed by atoms with Crippen molar-refractivity contribution >= 4 is 11.0 Å². The lowest BCUT2D eigenvalue weighted by Crippen LogP contribution is -2.83. The standard InChI is InChI=1S/C18H19NO3/c1-3-13-6-7-15-14(10-18(20)22-17(15)9-13)11-19-12(2)16-5-4-8-21-16/h4-10,12,19H,3,11H2,1-2H3/p+1/t12-/m0/s1. The molecule has 22 heavy (non-hydrogen) atoms. The third kappa shape index (κ3) is 2.97. The first-order valence-electron chi connectivity index (χ1n) is 7.59. The fourth-order valence-corrected chi connectivity index (χ4v) is 2.63. The SMILES string of the molecule is CCc1ccc2c(C[NH2+][C@@H](C)c3ccco3)cc(=O)oc2c1. The fraction of sp³-hybridized carbons (Fsp3) is 0.278. The number of rotatable bonds is 5. The normalized spacial score (nSPS) is 12.6. The summed E-state index contributed by atoms with van der Waals surface area (Å²) < 4.78 is 10.7. The van der Waals surface area contributed by atoms with E-state index in [1.54, 1.807) is 12.3 Å². The molecule has 0 aliphatic heterocycles. The second kappa shape index (κ2) is 6.20. The van der Waals surface area contributed by atoms with Crippen molar-refractivity contribution in [3.05, 3.63) is 70.0 Å². The minimum absolute atomic E-state index is 0.201. The van der Waals surface area contributed by atoms with Crippen LogP contribution in [0, 0.1) is 0 Å². The van der Waals surface area contributed by atoms with Gasteiger partial charge < -0.3 is 14.2 Å². The zero-order valence-electron chi connectivity index (χ0n) is 12.8. The van der Waals surface area contributed by atoms with Gasteiger partial charge in [-0.25, -0.2) is 4.79 Å². The number of hydrogen-bond donors (Lipinski definition) is 1. The van der Waals surface area contributed by atoms with E-state index in [1.807, 2.05) is 24.3 Å². The highest BCUT2D eigenvalue weighted by atomic mass is 16.4. The van der Waals surface area contributed by atoms with Crippen LogP contribution in [0.2, 0.25) is 0 Å². The van der Waals surface area contributed by atoms with Gasteiger partial charge in [-0.3, -0.25) is 0 Å². The molecule has 2 heterocycles. The molecule has 0 unspecified atom stereocenters. The Kier molecular flexibility index (Phi) is 4.11. The summed E-state index contributed by atoms with van der Waals surface area (Å²) in [5.74, 6) is 0.931. The molecule has 3 rings (SSSR count). The molecule has 0 aliphatic rings. The van der Waals surface area contributed by atoms with Crippen molar-refractivity contribution in [1.29, 1.82) is 0 Å². The largest absolute Gasteiger partial charge is 0.463 e. The summed E-state index contributed by atoms with van der Waals surface area (Å²) in [5.41, 5.74) is 2.53. The number of furan rings is 1. The molecular formula is C18H20NO3+. The average molecular weight is 298 g/mol. The number of benzene rings is 1. The van der Waals surface area contributed by atoms with E-state index in [9.17, 15) is 4.79 Å². The van der Waals surface area contributed by atoms with E-state index in [-0.39, 0.29) is 11.7 Å². The van der Waals surface area contributed by atoms with E-state index < -0.39 is 0 Å². The van der Waals surface area contributed by atoms with Crippen molar-refractivity contribution in [2.24, 2.45) is 0 Å². The summed E-state index contributed by atoms with van der Waals surface area (Å²) >= 11 is 0. The molecule has 1 atom stereocenters. The Morgan fingerprint density at radius 1 is 1.23 bits per heavy atom. The van der Waals surface area contributed by atoms with Gasteiger partial charge in [0.15, 0.2) is 5.76 Å². The smallest absolute Gasteiger partial charge is 0.336 e. The van der Waals surface area contributed by atoms with Gasteiger partial charge in [-0.05, 0) is 37.1 Å². The third-order valence-corrected chi connectivity index (χ3v) is 3.99. The summed E-state index contributed by atoms with van der Waals surface area (Å²) in [6.07, 6.45) is 2.60.